The van der Waals surface area contributed by atoms with Crippen LogP contribution in [0.2, 0.25) is 0 Å². The van der Waals surface area contributed by atoms with E-state index < -0.39 is 10.0 Å². The first-order valence-electron chi connectivity index (χ1n) is 8.90. The van der Waals surface area contributed by atoms with E-state index in [4.69, 9.17) is 13.9 Å². The maximum atomic E-state index is 12.6. The molecule has 0 bridgehead atoms. The first kappa shape index (κ1) is 18.8. The molecule has 150 valence electrons. The lowest BCUT2D eigenvalue weighted by Gasteiger charge is -2.34. The number of hydrogen-bond acceptors (Lipinski definition) is 7. The second-order valence-corrected chi connectivity index (χ2v) is 8.40. The number of ether oxygens (including phenoxy) is 2. The quantitative estimate of drug-likeness (QED) is 0.785. The molecule has 2 aliphatic heterocycles. The number of nitrogens with zero attached hydrogens (tertiary/aromatic N) is 2. The van der Waals surface area contributed by atoms with Crippen LogP contribution in [-0.2, 0) is 16.6 Å². The van der Waals surface area contributed by atoms with Crippen LogP contribution in [0.15, 0.2) is 39.8 Å². The summed E-state index contributed by atoms with van der Waals surface area (Å²) in [6.45, 7) is 3.51. The van der Waals surface area contributed by atoms with Crippen molar-refractivity contribution >= 4 is 15.9 Å². The number of carbonyl (C=O) groups excluding carboxylic acids is 1. The molecular formula is C18H21N3O6S. The third-order valence-corrected chi connectivity index (χ3v) is 6.11. The molecule has 9 nitrogen and oxygen atoms in total. The molecule has 0 radical (unpaired) electrons. The molecular weight excluding hydrogens is 386 g/mol. The van der Waals surface area contributed by atoms with E-state index >= 15 is 0 Å². The minimum atomic E-state index is -3.70. The van der Waals surface area contributed by atoms with E-state index in [1.54, 1.807) is 4.90 Å². The molecule has 2 aliphatic rings. The number of amides is 1. The van der Waals surface area contributed by atoms with Gasteiger partial charge in [-0.3, -0.25) is 9.69 Å². The van der Waals surface area contributed by atoms with Crippen LogP contribution in [0.5, 0.6) is 11.5 Å². The molecule has 3 heterocycles. The lowest BCUT2D eigenvalue weighted by Crippen LogP contribution is -2.48. The Hall–Kier alpha value is -2.56. The molecule has 1 aromatic heterocycles. The van der Waals surface area contributed by atoms with Gasteiger partial charge in [-0.15, -0.1) is 0 Å². The molecule has 1 N–H and O–H groups in total. The molecule has 0 spiro atoms. The second kappa shape index (κ2) is 7.46. The highest BCUT2D eigenvalue weighted by Crippen LogP contribution is 2.32. The summed E-state index contributed by atoms with van der Waals surface area (Å²) in [5.41, 5.74) is 1.12. The van der Waals surface area contributed by atoms with Crippen LogP contribution < -0.4 is 14.2 Å². The Morgan fingerprint density at radius 2 is 1.82 bits per heavy atom. The summed E-state index contributed by atoms with van der Waals surface area (Å²) in [4.78, 5) is 16.5. The molecule has 0 aliphatic carbocycles. The summed E-state index contributed by atoms with van der Waals surface area (Å²) in [6.07, 6.45) is 0. The fraction of sp³-hybridized carbons (Fsp3) is 0.389. The van der Waals surface area contributed by atoms with Crippen molar-refractivity contribution in [3.8, 4) is 11.5 Å². The van der Waals surface area contributed by atoms with Crippen molar-refractivity contribution in [2.24, 2.45) is 0 Å². The minimum Gasteiger partial charge on any atom is -0.454 e. The molecule has 0 unspecified atom stereocenters. The van der Waals surface area contributed by atoms with E-state index in [9.17, 15) is 13.2 Å². The normalized spacial score (nSPS) is 17.1. The number of fused-ring (bicyclic) bond motifs is 1. The number of nitrogens with one attached hydrogen (secondary N) is 1. The van der Waals surface area contributed by atoms with Crippen LogP contribution in [0, 0.1) is 0 Å². The molecule has 1 aromatic carbocycles. The fourth-order valence-electron chi connectivity index (χ4n) is 3.24. The number of hydrogen-bond donors (Lipinski definition) is 1. The zero-order chi connectivity index (χ0) is 19.7. The van der Waals surface area contributed by atoms with E-state index in [-0.39, 0.29) is 23.6 Å². The summed E-state index contributed by atoms with van der Waals surface area (Å²) >= 11 is 0. The Kier molecular flexibility index (Phi) is 5.00. The lowest BCUT2D eigenvalue weighted by atomic mass is 10.1. The number of rotatable bonds is 5. The van der Waals surface area contributed by atoms with Crippen LogP contribution in [0.25, 0.3) is 0 Å². The molecule has 1 amide bonds. The Morgan fingerprint density at radius 3 is 2.57 bits per heavy atom. The van der Waals surface area contributed by atoms with Gasteiger partial charge in [-0.05, 0) is 36.9 Å². The first-order chi connectivity index (χ1) is 13.5. The van der Waals surface area contributed by atoms with Gasteiger partial charge in [0.1, 0.15) is 0 Å². The van der Waals surface area contributed by atoms with Gasteiger partial charge in [-0.25, -0.2) is 13.1 Å². The van der Waals surface area contributed by atoms with Crippen molar-refractivity contribution in [1.29, 1.82) is 0 Å². The molecule has 1 fully saturated rings. The molecule has 10 heteroatoms. The Bertz CT molecular complexity index is 979. The van der Waals surface area contributed by atoms with E-state index in [0.717, 1.165) is 23.6 Å². The van der Waals surface area contributed by atoms with Gasteiger partial charge < -0.3 is 18.8 Å². The van der Waals surface area contributed by atoms with Crippen molar-refractivity contribution in [2.45, 2.75) is 11.6 Å². The Balaban J connectivity index is 1.34. The highest BCUT2D eigenvalue weighted by molar-refractivity contribution is 7.89. The summed E-state index contributed by atoms with van der Waals surface area (Å²) in [5, 5.41) is -0.264. The maximum absolute atomic E-state index is 12.6. The van der Waals surface area contributed by atoms with Crippen molar-refractivity contribution in [3.05, 3.63) is 41.7 Å². The fourth-order valence-corrected chi connectivity index (χ4v) is 3.89. The van der Waals surface area contributed by atoms with Crippen LogP contribution in [0.4, 0.5) is 0 Å². The van der Waals surface area contributed by atoms with E-state index in [2.05, 4.69) is 9.62 Å². The predicted octanol–water partition coefficient (Wildman–Crippen LogP) is 0.874. The standard InChI is InChI=1S/C18H21N3O6S/c1-19-28(23,24)17-5-4-15(27-17)18(22)21-8-6-20(7-9-21)11-13-2-3-14-16(10-13)26-12-25-14/h2-5,10,19H,6-9,11-12H2,1H3. The summed E-state index contributed by atoms with van der Waals surface area (Å²) < 4.78 is 41.6. The molecule has 0 saturated carbocycles. The van der Waals surface area contributed by atoms with Gasteiger partial charge in [0.25, 0.3) is 15.9 Å². The molecule has 0 atom stereocenters. The van der Waals surface area contributed by atoms with Gasteiger partial charge in [0, 0.05) is 32.7 Å². The van der Waals surface area contributed by atoms with Crippen LogP contribution in [0.3, 0.4) is 0 Å². The molecule has 4 rings (SSSR count). The van der Waals surface area contributed by atoms with E-state index in [0.29, 0.717) is 26.2 Å². The predicted molar refractivity (Wildman–Crippen MR) is 98.7 cm³/mol. The summed E-state index contributed by atoms with van der Waals surface area (Å²) in [6, 6.07) is 8.58. The number of sulfonamides is 1. The average molecular weight is 407 g/mol. The van der Waals surface area contributed by atoms with Crippen LogP contribution in [0.1, 0.15) is 16.1 Å². The smallest absolute Gasteiger partial charge is 0.289 e. The van der Waals surface area contributed by atoms with Gasteiger partial charge in [0.2, 0.25) is 11.9 Å². The third kappa shape index (κ3) is 3.71. The van der Waals surface area contributed by atoms with Crippen molar-refractivity contribution < 1.29 is 27.1 Å². The number of furan rings is 1. The number of benzene rings is 1. The Labute approximate surface area is 162 Å². The Morgan fingerprint density at radius 1 is 1.07 bits per heavy atom. The van der Waals surface area contributed by atoms with Gasteiger partial charge in [-0.2, -0.15) is 0 Å². The van der Waals surface area contributed by atoms with Crippen molar-refractivity contribution in [1.82, 2.24) is 14.5 Å². The van der Waals surface area contributed by atoms with Crippen LogP contribution >= 0.6 is 0 Å². The maximum Gasteiger partial charge on any atom is 0.289 e. The number of piperazine rings is 1. The highest BCUT2D eigenvalue weighted by atomic mass is 32.2. The van der Waals surface area contributed by atoms with Crippen molar-refractivity contribution in [2.75, 3.05) is 40.0 Å². The molecule has 1 saturated heterocycles. The van der Waals surface area contributed by atoms with Gasteiger partial charge in [-0.1, -0.05) is 6.07 Å². The van der Waals surface area contributed by atoms with Gasteiger partial charge in [0.15, 0.2) is 17.3 Å². The lowest BCUT2D eigenvalue weighted by molar-refractivity contribution is 0.0592. The summed E-state index contributed by atoms with van der Waals surface area (Å²) in [7, 11) is -2.41. The zero-order valence-corrected chi connectivity index (χ0v) is 16.2. The summed E-state index contributed by atoms with van der Waals surface area (Å²) in [5.74, 6) is 1.24. The third-order valence-electron chi connectivity index (χ3n) is 4.83. The van der Waals surface area contributed by atoms with Crippen LogP contribution in [-0.4, -0.2) is 64.1 Å². The van der Waals surface area contributed by atoms with Crippen molar-refractivity contribution in [3.63, 3.8) is 0 Å². The monoisotopic (exact) mass is 407 g/mol. The topological polar surface area (TPSA) is 101 Å². The van der Waals surface area contributed by atoms with E-state index in [1.807, 2.05) is 18.2 Å². The molecule has 28 heavy (non-hydrogen) atoms. The first-order valence-corrected chi connectivity index (χ1v) is 10.4. The second-order valence-electron chi connectivity index (χ2n) is 6.58. The SMILES string of the molecule is CNS(=O)(=O)c1ccc(C(=O)N2CCN(Cc3ccc4c(c3)OCO4)CC2)o1. The minimum absolute atomic E-state index is 0.0260. The van der Waals surface area contributed by atoms with Gasteiger partial charge in [0.05, 0.1) is 0 Å². The number of carbonyl (C=O) groups is 1. The molecule has 2 aromatic rings. The average Bonchev–Trinajstić information content (AvgIpc) is 3.37. The largest absolute Gasteiger partial charge is 0.454 e. The zero-order valence-electron chi connectivity index (χ0n) is 15.4. The van der Waals surface area contributed by atoms with Gasteiger partial charge >= 0.3 is 0 Å². The van der Waals surface area contributed by atoms with E-state index in [1.165, 1.54) is 19.2 Å². The highest BCUT2D eigenvalue weighted by Gasteiger charge is 2.26.